The largest absolute Gasteiger partial charge is 0.329 e. The molecule has 0 spiro atoms. The number of amides is 1. The van der Waals surface area contributed by atoms with Gasteiger partial charge in [-0.3, -0.25) is 4.79 Å². The Labute approximate surface area is 142 Å². The Balaban J connectivity index is 1.77. The summed E-state index contributed by atoms with van der Waals surface area (Å²) in [5.41, 5.74) is 0.466. The number of halogens is 2. The van der Waals surface area contributed by atoms with Crippen molar-refractivity contribution in [1.29, 1.82) is 0 Å². The molecule has 0 saturated heterocycles. The Kier molecular flexibility index (Phi) is 4.48. The van der Waals surface area contributed by atoms with Crippen molar-refractivity contribution >= 4 is 21.8 Å². The molecule has 0 fully saturated rings. The number of rotatable bonds is 3. The fraction of sp³-hybridized carbons (Fsp3) is 0.438. The fourth-order valence-electron chi connectivity index (χ4n) is 2.72. The smallest absolute Gasteiger partial charge is 0.254 e. The number of carbonyl (C=O) groups excluding carboxylic acids is 1. The second-order valence-corrected chi connectivity index (χ2v) is 6.99. The standard InChI is InChI=1S/C16H18BrFN4O/c1-10(2)7-14-19-20-15-9-21(5-6-22(14)15)16(23)11-3-4-13(18)12(17)8-11/h3-4,8,10H,5-7,9H2,1-2H3. The van der Waals surface area contributed by atoms with Crippen LogP contribution < -0.4 is 0 Å². The SMILES string of the molecule is CC(C)Cc1nnc2n1CCN(C(=O)c1ccc(F)c(Br)c1)C2. The van der Waals surface area contributed by atoms with E-state index < -0.39 is 0 Å². The molecule has 1 aliphatic heterocycles. The zero-order valence-corrected chi connectivity index (χ0v) is 14.7. The minimum Gasteiger partial charge on any atom is -0.329 e. The number of aromatic nitrogens is 3. The van der Waals surface area contributed by atoms with Gasteiger partial charge in [-0.2, -0.15) is 0 Å². The van der Waals surface area contributed by atoms with Crippen LogP contribution in [0.15, 0.2) is 22.7 Å². The number of hydrogen-bond donors (Lipinski definition) is 0. The zero-order chi connectivity index (χ0) is 16.6. The Bertz CT molecular complexity index is 744. The van der Waals surface area contributed by atoms with E-state index in [-0.39, 0.29) is 11.7 Å². The van der Waals surface area contributed by atoms with Gasteiger partial charge in [0, 0.05) is 25.1 Å². The summed E-state index contributed by atoms with van der Waals surface area (Å²) in [6.45, 7) is 6.01. The van der Waals surface area contributed by atoms with Crippen molar-refractivity contribution in [2.24, 2.45) is 5.92 Å². The lowest BCUT2D eigenvalue weighted by Gasteiger charge is -2.28. The molecule has 1 aliphatic rings. The molecule has 0 N–H and O–H groups in total. The molecule has 2 heterocycles. The first-order chi connectivity index (χ1) is 11.0. The van der Waals surface area contributed by atoms with Crippen molar-refractivity contribution in [2.45, 2.75) is 33.4 Å². The molecule has 0 atom stereocenters. The van der Waals surface area contributed by atoms with Gasteiger partial charge < -0.3 is 9.47 Å². The van der Waals surface area contributed by atoms with Crippen molar-refractivity contribution in [2.75, 3.05) is 6.54 Å². The highest BCUT2D eigenvalue weighted by atomic mass is 79.9. The molecule has 0 aliphatic carbocycles. The van der Waals surface area contributed by atoms with Crippen LogP contribution in [0, 0.1) is 11.7 Å². The summed E-state index contributed by atoms with van der Waals surface area (Å²) in [7, 11) is 0. The summed E-state index contributed by atoms with van der Waals surface area (Å²) in [4.78, 5) is 14.3. The van der Waals surface area contributed by atoms with Gasteiger partial charge in [0.05, 0.1) is 11.0 Å². The van der Waals surface area contributed by atoms with Crippen LogP contribution in [0.2, 0.25) is 0 Å². The van der Waals surface area contributed by atoms with Crippen LogP contribution in [0.1, 0.15) is 35.9 Å². The maximum absolute atomic E-state index is 13.3. The summed E-state index contributed by atoms with van der Waals surface area (Å²) in [5.74, 6) is 1.80. The van der Waals surface area contributed by atoms with Crippen LogP contribution in [-0.2, 0) is 19.5 Å². The third-order valence-corrected chi connectivity index (χ3v) is 4.48. The van der Waals surface area contributed by atoms with E-state index in [2.05, 4.69) is 44.5 Å². The first-order valence-electron chi connectivity index (χ1n) is 7.61. The predicted octanol–water partition coefficient (Wildman–Crippen LogP) is 3.03. The van der Waals surface area contributed by atoms with Crippen LogP contribution in [0.4, 0.5) is 4.39 Å². The van der Waals surface area contributed by atoms with Gasteiger partial charge in [-0.15, -0.1) is 10.2 Å². The lowest BCUT2D eigenvalue weighted by atomic mass is 10.1. The molecule has 1 aromatic carbocycles. The molecule has 1 amide bonds. The predicted molar refractivity (Wildman–Crippen MR) is 87.4 cm³/mol. The summed E-state index contributed by atoms with van der Waals surface area (Å²) < 4.78 is 15.7. The second-order valence-electron chi connectivity index (χ2n) is 6.14. The van der Waals surface area contributed by atoms with Crippen molar-refractivity contribution in [3.05, 3.63) is 45.7 Å². The first-order valence-corrected chi connectivity index (χ1v) is 8.40. The molecule has 0 bridgehead atoms. The monoisotopic (exact) mass is 380 g/mol. The number of carbonyl (C=O) groups is 1. The Morgan fingerprint density at radius 2 is 2.13 bits per heavy atom. The molecule has 0 unspecified atom stereocenters. The Morgan fingerprint density at radius 3 is 2.83 bits per heavy atom. The number of nitrogens with zero attached hydrogens (tertiary/aromatic N) is 4. The average molecular weight is 381 g/mol. The molecule has 0 radical (unpaired) electrons. The highest BCUT2D eigenvalue weighted by Crippen LogP contribution is 2.21. The van der Waals surface area contributed by atoms with Gasteiger partial charge in [0.1, 0.15) is 11.6 Å². The van der Waals surface area contributed by atoms with Gasteiger partial charge in [-0.25, -0.2) is 4.39 Å². The van der Waals surface area contributed by atoms with Crippen LogP contribution in [0.25, 0.3) is 0 Å². The van der Waals surface area contributed by atoms with E-state index in [1.165, 1.54) is 18.2 Å². The highest BCUT2D eigenvalue weighted by Gasteiger charge is 2.25. The van der Waals surface area contributed by atoms with Crippen molar-refractivity contribution < 1.29 is 9.18 Å². The minimum atomic E-state index is -0.377. The molecule has 122 valence electrons. The number of benzene rings is 1. The molecule has 2 aromatic rings. The first kappa shape index (κ1) is 16.1. The Morgan fingerprint density at radius 1 is 1.35 bits per heavy atom. The van der Waals surface area contributed by atoms with Gasteiger partial charge in [0.15, 0.2) is 5.82 Å². The maximum atomic E-state index is 13.3. The second kappa shape index (κ2) is 6.39. The molecule has 23 heavy (non-hydrogen) atoms. The molecule has 3 rings (SSSR count). The van der Waals surface area contributed by atoms with Gasteiger partial charge in [-0.05, 0) is 40.0 Å². The van der Waals surface area contributed by atoms with Gasteiger partial charge in [0.25, 0.3) is 5.91 Å². The van der Waals surface area contributed by atoms with Crippen molar-refractivity contribution in [3.63, 3.8) is 0 Å². The van der Waals surface area contributed by atoms with E-state index in [0.717, 1.165) is 18.1 Å². The molecule has 1 aromatic heterocycles. The molecule has 5 nitrogen and oxygen atoms in total. The van der Waals surface area contributed by atoms with E-state index in [1.54, 1.807) is 4.90 Å². The van der Waals surface area contributed by atoms with E-state index in [9.17, 15) is 9.18 Å². The number of hydrogen-bond acceptors (Lipinski definition) is 3. The Hall–Kier alpha value is -1.76. The maximum Gasteiger partial charge on any atom is 0.254 e. The van der Waals surface area contributed by atoms with E-state index >= 15 is 0 Å². The van der Waals surface area contributed by atoms with Crippen LogP contribution in [0.5, 0.6) is 0 Å². The van der Waals surface area contributed by atoms with E-state index in [0.29, 0.717) is 35.6 Å². The summed E-state index contributed by atoms with van der Waals surface area (Å²) in [5, 5.41) is 8.47. The molecule has 7 heteroatoms. The lowest BCUT2D eigenvalue weighted by Crippen LogP contribution is -2.38. The highest BCUT2D eigenvalue weighted by molar-refractivity contribution is 9.10. The van der Waals surface area contributed by atoms with E-state index in [4.69, 9.17) is 0 Å². The van der Waals surface area contributed by atoms with Crippen molar-refractivity contribution in [3.8, 4) is 0 Å². The number of fused-ring (bicyclic) bond motifs is 1. The van der Waals surface area contributed by atoms with Crippen molar-refractivity contribution in [1.82, 2.24) is 19.7 Å². The molecular weight excluding hydrogens is 363 g/mol. The van der Waals surface area contributed by atoms with E-state index in [1.807, 2.05) is 0 Å². The molecular formula is C16H18BrFN4O. The van der Waals surface area contributed by atoms with Gasteiger partial charge >= 0.3 is 0 Å². The van der Waals surface area contributed by atoms with Crippen LogP contribution in [-0.4, -0.2) is 32.1 Å². The average Bonchev–Trinajstić information content (AvgIpc) is 2.91. The normalized spacial score (nSPS) is 14.2. The lowest BCUT2D eigenvalue weighted by molar-refractivity contribution is 0.0706. The molecule has 0 saturated carbocycles. The van der Waals surface area contributed by atoms with Gasteiger partial charge in [0.2, 0.25) is 0 Å². The minimum absolute atomic E-state index is 0.120. The van der Waals surface area contributed by atoms with Gasteiger partial charge in [-0.1, -0.05) is 13.8 Å². The summed E-state index contributed by atoms with van der Waals surface area (Å²) in [6, 6.07) is 4.32. The van der Waals surface area contributed by atoms with Crippen LogP contribution >= 0.6 is 15.9 Å². The fourth-order valence-corrected chi connectivity index (χ4v) is 3.10. The third-order valence-electron chi connectivity index (χ3n) is 3.87. The third kappa shape index (κ3) is 3.29. The quantitative estimate of drug-likeness (QED) is 0.821. The summed E-state index contributed by atoms with van der Waals surface area (Å²) in [6.07, 6.45) is 0.881. The zero-order valence-electron chi connectivity index (χ0n) is 13.1. The summed E-state index contributed by atoms with van der Waals surface area (Å²) >= 11 is 3.12. The topological polar surface area (TPSA) is 51.0 Å². The van der Waals surface area contributed by atoms with Crippen LogP contribution in [0.3, 0.4) is 0 Å².